The number of carbonyl (C=O) groups excluding carboxylic acids is 1. The van der Waals surface area contributed by atoms with Gasteiger partial charge in [-0.2, -0.15) is 4.31 Å². The van der Waals surface area contributed by atoms with Crippen molar-refractivity contribution < 1.29 is 22.7 Å². The number of benzene rings is 1. The summed E-state index contributed by atoms with van der Waals surface area (Å²) < 4.78 is 37.1. The molecule has 1 amide bonds. The van der Waals surface area contributed by atoms with E-state index in [9.17, 15) is 13.2 Å². The van der Waals surface area contributed by atoms with Crippen LogP contribution in [0, 0.1) is 0 Å². The van der Waals surface area contributed by atoms with Gasteiger partial charge in [0.05, 0.1) is 0 Å². The lowest BCUT2D eigenvalue weighted by atomic mass is 10.1. The highest BCUT2D eigenvalue weighted by molar-refractivity contribution is 7.89. The summed E-state index contributed by atoms with van der Waals surface area (Å²) in [6, 6.07) is 7.06. The van der Waals surface area contributed by atoms with Crippen LogP contribution in [0.4, 0.5) is 0 Å². The second kappa shape index (κ2) is 7.24. The van der Waals surface area contributed by atoms with Crippen molar-refractivity contribution in [1.29, 1.82) is 0 Å². The summed E-state index contributed by atoms with van der Waals surface area (Å²) in [7, 11) is -3.52. The molecule has 3 heterocycles. The Hall–Kier alpha value is -2.52. The molecule has 2 aromatic rings. The highest BCUT2D eigenvalue weighted by atomic mass is 32.2. The molecule has 0 bridgehead atoms. The summed E-state index contributed by atoms with van der Waals surface area (Å²) in [4.78, 5) is 15.2. The van der Waals surface area contributed by atoms with Crippen LogP contribution < -0.4 is 14.8 Å². The first-order valence-electron chi connectivity index (χ1n) is 8.89. The van der Waals surface area contributed by atoms with E-state index in [1.807, 2.05) is 18.2 Å². The minimum Gasteiger partial charge on any atom is -0.454 e. The molecular formula is C18H21N3O5S. The number of nitrogens with zero attached hydrogens (tertiary/aromatic N) is 1. The molecule has 2 aliphatic rings. The first kappa shape index (κ1) is 17.9. The van der Waals surface area contributed by atoms with Crippen molar-refractivity contribution in [2.24, 2.45) is 0 Å². The van der Waals surface area contributed by atoms with Crippen LogP contribution in [0.2, 0.25) is 0 Å². The zero-order chi connectivity index (χ0) is 18.9. The molecule has 0 radical (unpaired) electrons. The van der Waals surface area contributed by atoms with E-state index < -0.39 is 10.0 Å². The number of carbonyl (C=O) groups is 1. The van der Waals surface area contributed by atoms with Crippen molar-refractivity contribution >= 4 is 15.9 Å². The van der Waals surface area contributed by atoms with Crippen LogP contribution in [-0.2, 0) is 16.4 Å². The Labute approximate surface area is 157 Å². The summed E-state index contributed by atoms with van der Waals surface area (Å²) in [5, 5.41) is 2.80. The molecule has 8 nitrogen and oxygen atoms in total. The van der Waals surface area contributed by atoms with Crippen LogP contribution in [0.15, 0.2) is 35.4 Å². The van der Waals surface area contributed by atoms with E-state index in [2.05, 4.69) is 10.3 Å². The molecule has 0 aliphatic carbocycles. The number of nitrogens with one attached hydrogen (secondary N) is 2. The van der Waals surface area contributed by atoms with Gasteiger partial charge < -0.3 is 19.8 Å². The lowest BCUT2D eigenvalue weighted by Gasteiger charge is -2.13. The van der Waals surface area contributed by atoms with Crippen LogP contribution in [0.5, 0.6) is 11.5 Å². The molecular weight excluding hydrogens is 370 g/mol. The van der Waals surface area contributed by atoms with Gasteiger partial charge in [0.1, 0.15) is 10.6 Å². The molecule has 2 aliphatic heterocycles. The van der Waals surface area contributed by atoms with Crippen molar-refractivity contribution in [2.45, 2.75) is 24.2 Å². The summed E-state index contributed by atoms with van der Waals surface area (Å²) in [6.07, 6.45) is 3.75. The monoisotopic (exact) mass is 391 g/mol. The molecule has 1 saturated heterocycles. The molecule has 1 fully saturated rings. The number of fused-ring (bicyclic) bond motifs is 1. The number of amides is 1. The fourth-order valence-electron chi connectivity index (χ4n) is 3.24. The second-order valence-electron chi connectivity index (χ2n) is 6.55. The van der Waals surface area contributed by atoms with E-state index in [1.165, 1.54) is 16.6 Å². The lowest BCUT2D eigenvalue weighted by molar-refractivity contribution is 0.0949. The van der Waals surface area contributed by atoms with Gasteiger partial charge in [0, 0.05) is 25.8 Å². The van der Waals surface area contributed by atoms with Gasteiger partial charge in [-0.25, -0.2) is 8.42 Å². The van der Waals surface area contributed by atoms with E-state index in [4.69, 9.17) is 9.47 Å². The maximum atomic E-state index is 12.5. The van der Waals surface area contributed by atoms with E-state index in [1.54, 1.807) is 0 Å². The van der Waals surface area contributed by atoms with Crippen LogP contribution in [0.3, 0.4) is 0 Å². The zero-order valence-corrected chi connectivity index (χ0v) is 15.5. The van der Waals surface area contributed by atoms with E-state index in [-0.39, 0.29) is 23.3 Å². The Balaban J connectivity index is 1.34. The maximum Gasteiger partial charge on any atom is 0.267 e. The standard InChI is InChI=1S/C18H21N3O5S/c22-18(19-6-5-13-3-4-16-17(9-13)26-12-25-16)15-10-14(11-20-15)27(23,24)21-7-1-2-8-21/h3-4,9-11,20H,1-2,5-8,12H2,(H,19,22). The highest BCUT2D eigenvalue weighted by Gasteiger charge is 2.28. The Morgan fingerprint density at radius 2 is 1.93 bits per heavy atom. The number of aromatic amines is 1. The quantitative estimate of drug-likeness (QED) is 0.777. The Kier molecular flexibility index (Phi) is 4.79. The van der Waals surface area contributed by atoms with Gasteiger partial charge in [0.2, 0.25) is 16.8 Å². The van der Waals surface area contributed by atoms with E-state index in [0.717, 1.165) is 24.2 Å². The minimum absolute atomic E-state index is 0.130. The van der Waals surface area contributed by atoms with Crippen molar-refractivity contribution in [1.82, 2.24) is 14.6 Å². The average Bonchev–Trinajstić information content (AvgIpc) is 3.42. The molecule has 0 atom stereocenters. The number of ether oxygens (including phenoxy) is 2. The van der Waals surface area contributed by atoms with Crippen molar-refractivity contribution in [3.8, 4) is 11.5 Å². The van der Waals surface area contributed by atoms with E-state index >= 15 is 0 Å². The third kappa shape index (κ3) is 3.65. The molecule has 0 unspecified atom stereocenters. The van der Waals surface area contributed by atoms with Crippen LogP contribution in [0.1, 0.15) is 28.9 Å². The van der Waals surface area contributed by atoms with Crippen LogP contribution >= 0.6 is 0 Å². The van der Waals surface area contributed by atoms with Gasteiger partial charge in [-0.15, -0.1) is 0 Å². The zero-order valence-electron chi connectivity index (χ0n) is 14.7. The number of hydrogen-bond acceptors (Lipinski definition) is 5. The van der Waals surface area contributed by atoms with Crippen molar-refractivity contribution in [2.75, 3.05) is 26.4 Å². The first-order valence-corrected chi connectivity index (χ1v) is 10.3. The summed E-state index contributed by atoms with van der Waals surface area (Å²) >= 11 is 0. The van der Waals surface area contributed by atoms with Gasteiger partial charge in [-0.1, -0.05) is 6.07 Å². The Bertz CT molecular complexity index is 948. The number of hydrogen-bond donors (Lipinski definition) is 2. The van der Waals surface area contributed by atoms with Gasteiger partial charge in [-0.3, -0.25) is 4.79 Å². The summed E-state index contributed by atoms with van der Waals surface area (Å²) in [5.74, 6) is 1.10. The van der Waals surface area contributed by atoms with Crippen molar-refractivity contribution in [3.05, 3.63) is 41.7 Å². The molecule has 1 aromatic carbocycles. The number of sulfonamides is 1. The molecule has 27 heavy (non-hydrogen) atoms. The minimum atomic E-state index is -3.52. The lowest BCUT2D eigenvalue weighted by Crippen LogP contribution is -2.27. The topological polar surface area (TPSA) is 101 Å². The average molecular weight is 391 g/mol. The largest absolute Gasteiger partial charge is 0.454 e. The first-order chi connectivity index (χ1) is 13.0. The van der Waals surface area contributed by atoms with Gasteiger partial charge in [0.15, 0.2) is 11.5 Å². The molecule has 4 rings (SSSR count). The molecule has 0 saturated carbocycles. The summed E-state index contributed by atoms with van der Waals surface area (Å²) in [5.41, 5.74) is 1.25. The molecule has 9 heteroatoms. The van der Waals surface area contributed by atoms with E-state index in [0.29, 0.717) is 31.8 Å². The molecule has 144 valence electrons. The fourth-order valence-corrected chi connectivity index (χ4v) is 4.76. The van der Waals surface area contributed by atoms with Crippen LogP contribution in [0.25, 0.3) is 0 Å². The maximum absolute atomic E-state index is 12.5. The molecule has 2 N–H and O–H groups in total. The normalized spacial score (nSPS) is 16.6. The predicted octanol–water partition coefficient (Wildman–Crippen LogP) is 1.50. The third-order valence-electron chi connectivity index (χ3n) is 4.74. The van der Waals surface area contributed by atoms with Crippen LogP contribution in [-0.4, -0.2) is 50.0 Å². The van der Waals surface area contributed by atoms with Gasteiger partial charge in [-0.05, 0) is 43.0 Å². The predicted molar refractivity (Wildman–Crippen MR) is 97.4 cm³/mol. The molecule has 1 aromatic heterocycles. The summed E-state index contributed by atoms with van der Waals surface area (Å²) in [6.45, 7) is 1.71. The molecule has 0 spiro atoms. The van der Waals surface area contributed by atoms with Gasteiger partial charge >= 0.3 is 0 Å². The SMILES string of the molecule is O=C(NCCc1ccc2c(c1)OCO2)c1cc(S(=O)(=O)N2CCCC2)c[nH]1. The second-order valence-corrected chi connectivity index (χ2v) is 8.49. The fraction of sp³-hybridized carbons (Fsp3) is 0.389. The number of H-pyrrole nitrogens is 1. The Morgan fingerprint density at radius 1 is 1.15 bits per heavy atom. The van der Waals surface area contributed by atoms with Crippen molar-refractivity contribution in [3.63, 3.8) is 0 Å². The smallest absolute Gasteiger partial charge is 0.267 e. The highest BCUT2D eigenvalue weighted by Crippen LogP contribution is 2.32. The van der Waals surface area contributed by atoms with Gasteiger partial charge in [0.25, 0.3) is 5.91 Å². The third-order valence-corrected chi connectivity index (χ3v) is 6.62. The number of rotatable bonds is 6. The Morgan fingerprint density at radius 3 is 2.74 bits per heavy atom. The number of aromatic nitrogens is 1.